The molecule has 0 aromatic heterocycles. The van der Waals surface area contributed by atoms with Crippen molar-refractivity contribution in [2.45, 2.75) is 51.3 Å². The van der Waals surface area contributed by atoms with Gasteiger partial charge in [0.15, 0.2) is 0 Å². The van der Waals surface area contributed by atoms with Gasteiger partial charge in [0.25, 0.3) is 5.91 Å². The topological polar surface area (TPSA) is 95.9 Å². The molecule has 1 aliphatic heterocycles. The first-order valence-electron chi connectivity index (χ1n) is 8.26. The molecule has 1 aliphatic rings. The van der Waals surface area contributed by atoms with Crippen molar-refractivity contribution in [1.29, 1.82) is 0 Å². The van der Waals surface area contributed by atoms with E-state index in [2.05, 4.69) is 5.32 Å². The third-order valence-electron chi connectivity index (χ3n) is 3.87. The lowest BCUT2D eigenvalue weighted by molar-refractivity contribution is -0.144. The molecular formula is C18H24N2O5. The summed E-state index contributed by atoms with van der Waals surface area (Å²) in [6.45, 7) is 5.27. The molecule has 136 valence electrons. The van der Waals surface area contributed by atoms with E-state index in [0.717, 1.165) is 0 Å². The van der Waals surface area contributed by atoms with Crippen LogP contribution in [0, 0.1) is 0 Å². The number of carbonyl (C=O) groups is 3. The molecule has 25 heavy (non-hydrogen) atoms. The first-order chi connectivity index (χ1) is 11.7. The second kappa shape index (κ2) is 7.55. The van der Waals surface area contributed by atoms with Gasteiger partial charge in [0.2, 0.25) is 0 Å². The first-order valence-corrected chi connectivity index (χ1v) is 8.26. The number of carbonyl (C=O) groups excluding carboxylic acids is 2. The predicted octanol–water partition coefficient (Wildman–Crippen LogP) is 2.27. The Bertz CT molecular complexity index is 639. The molecule has 0 radical (unpaired) electrons. The maximum absolute atomic E-state index is 12.4. The lowest BCUT2D eigenvalue weighted by Gasteiger charge is -2.38. The van der Waals surface area contributed by atoms with Crippen molar-refractivity contribution >= 4 is 18.0 Å². The van der Waals surface area contributed by atoms with E-state index in [1.165, 1.54) is 4.90 Å². The zero-order valence-corrected chi connectivity index (χ0v) is 14.7. The summed E-state index contributed by atoms with van der Waals surface area (Å²) in [5.41, 5.74) is -0.202. The van der Waals surface area contributed by atoms with Gasteiger partial charge in [0.05, 0.1) is 0 Å². The molecule has 1 heterocycles. The molecule has 0 aliphatic carbocycles. The highest BCUT2D eigenvalue weighted by Crippen LogP contribution is 2.21. The van der Waals surface area contributed by atoms with Gasteiger partial charge < -0.3 is 15.2 Å². The molecular weight excluding hydrogens is 324 g/mol. The summed E-state index contributed by atoms with van der Waals surface area (Å²) in [5.74, 6) is -1.32. The number of ether oxygens (including phenoxy) is 1. The van der Waals surface area contributed by atoms with Crippen LogP contribution in [0.1, 0.15) is 44.0 Å². The molecule has 1 fully saturated rings. The van der Waals surface area contributed by atoms with Crippen LogP contribution in [0.15, 0.2) is 30.3 Å². The van der Waals surface area contributed by atoms with Gasteiger partial charge in [-0.1, -0.05) is 18.2 Å². The number of aliphatic carboxylic acids is 1. The lowest BCUT2D eigenvalue weighted by Crippen LogP contribution is -2.57. The van der Waals surface area contributed by atoms with Gasteiger partial charge in [-0.2, -0.15) is 0 Å². The van der Waals surface area contributed by atoms with Crippen molar-refractivity contribution in [3.63, 3.8) is 0 Å². The highest BCUT2D eigenvalue weighted by molar-refractivity contribution is 5.94. The van der Waals surface area contributed by atoms with Crippen LogP contribution in [0.4, 0.5) is 4.79 Å². The summed E-state index contributed by atoms with van der Waals surface area (Å²) in [5, 5.41) is 12.2. The Balaban J connectivity index is 2.07. The fraction of sp³-hybridized carbons (Fsp3) is 0.500. The van der Waals surface area contributed by atoms with Crippen LogP contribution in [0.5, 0.6) is 0 Å². The van der Waals surface area contributed by atoms with Crippen molar-refractivity contribution in [1.82, 2.24) is 10.2 Å². The summed E-state index contributed by atoms with van der Waals surface area (Å²) in [6.07, 6.45) is 0.0573. The average molecular weight is 348 g/mol. The van der Waals surface area contributed by atoms with E-state index in [1.54, 1.807) is 45.0 Å². The number of amides is 2. The Morgan fingerprint density at radius 2 is 1.80 bits per heavy atom. The Kier molecular flexibility index (Phi) is 5.66. The summed E-state index contributed by atoms with van der Waals surface area (Å²) in [7, 11) is 0. The minimum Gasteiger partial charge on any atom is -0.480 e. The molecule has 0 spiro atoms. The second-order valence-corrected chi connectivity index (χ2v) is 7.10. The fourth-order valence-corrected chi connectivity index (χ4v) is 2.73. The Hall–Kier alpha value is -2.57. The van der Waals surface area contributed by atoms with Gasteiger partial charge in [-0.3, -0.25) is 9.69 Å². The highest BCUT2D eigenvalue weighted by Gasteiger charge is 2.38. The summed E-state index contributed by atoms with van der Waals surface area (Å²) >= 11 is 0. The molecule has 0 saturated carbocycles. The van der Waals surface area contributed by atoms with Crippen molar-refractivity contribution in [2.24, 2.45) is 0 Å². The Morgan fingerprint density at radius 3 is 2.36 bits per heavy atom. The maximum atomic E-state index is 12.4. The van der Waals surface area contributed by atoms with Gasteiger partial charge in [-0.25, -0.2) is 9.59 Å². The normalized spacial score (nSPS) is 20.7. The van der Waals surface area contributed by atoms with Crippen LogP contribution >= 0.6 is 0 Å². The summed E-state index contributed by atoms with van der Waals surface area (Å²) in [4.78, 5) is 37.3. The van der Waals surface area contributed by atoms with Crippen LogP contribution in [0.25, 0.3) is 0 Å². The average Bonchev–Trinajstić information content (AvgIpc) is 2.53. The number of hydrogen-bond donors (Lipinski definition) is 2. The van der Waals surface area contributed by atoms with Crippen LogP contribution in [-0.4, -0.2) is 52.2 Å². The molecule has 2 atom stereocenters. The van der Waals surface area contributed by atoms with E-state index in [1.807, 2.05) is 6.07 Å². The largest absolute Gasteiger partial charge is 0.480 e. The number of nitrogens with zero attached hydrogens (tertiary/aromatic N) is 1. The highest BCUT2D eigenvalue weighted by atomic mass is 16.6. The second-order valence-electron chi connectivity index (χ2n) is 7.10. The third-order valence-corrected chi connectivity index (χ3v) is 3.87. The van der Waals surface area contributed by atoms with Crippen LogP contribution in [-0.2, 0) is 9.53 Å². The number of benzene rings is 1. The van der Waals surface area contributed by atoms with Gasteiger partial charge in [0.1, 0.15) is 11.6 Å². The number of nitrogens with one attached hydrogen (secondary N) is 1. The van der Waals surface area contributed by atoms with Gasteiger partial charge in [0, 0.05) is 18.2 Å². The number of rotatable bonds is 3. The number of likely N-dealkylation sites (tertiary alicyclic amines) is 1. The van der Waals surface area contributed by atoms with E-state index in [0.29, 0.717) is 12.0 Å². The van der Waals surface area contributed by atoms with E-state index in [4.69, 9.17) is 4.74 Å². The van der Waals surface area contributed by atoms with Gasteiger partial charge >= 0.3 is 12.1 Å². The molecule has 7 heteroatoms. The summed E-state index contributed by atoms with van der Waals surface area (Å²) < 4.78 is 5.31. The molecule has 1 saturated heterocycles. The molecule has 1 aromatic carbocycles. The van der Waals surface area contributed by atoms with E-state index in [9.17, 15) is 19.5 Å². The monoisotopic (exact) mass is 348 g/mol. The Morgan fingerprint density at radius 1 is 1.16 bits per heavy atom. The number of carboxylic acid groups (broad SMARTS) is 1. The van der Waals surface area contributed by atoms with Crippen molar-refractivity contribution in [3.8, 4) is 0 Å². The SMILES string of the molecule is CC(C)(C)OC(=O)N1C[C@@H](NC(=O)c2ccccc2)CC[C@@H]1C(=O)O. The van der Waals surface area contributed by atoms with Crippen LogP contribution in [0.2, 0.25) is 0 Å². The number of carboxylic acids is 1. The quantitative estimate of drug-likeness (QED) is 0.873. The first kappa shape index (κ1) is 18.8. The molecule has 1 aromatic rings. The minimum atomic E-state index is -1.07. The Labute approximate surface area is 147 Å². The van der Waals surface area contributed by atoms with E-state index in [-0.39, 0.29) is 24.9 Å². The van der Waals surface area contributed by atoms with Gasteiger partial charge in [-0.05, 0) is 45.7 Å². The molecule has 2 N–H and O–H groups in total. The number of hydrogen-bond acceptors (Lipinski definition) is 4. The maximum Gasteiger partial charge on any atom is 0.411 e. The zero-order chi connectivity index (χ0) is 18.6. The standard InChI is InChI=1S/C18H24N2O5/c1-18(2,3)25-17(24)20-11-13(9-10-14(20)16(22)23)19-15(21)12-7-5-4-6-8-12/h4-8,13-14H,9-11H2,1-3H3,(H,19,21)(H,22,23)/t13-,14+/m0/s1. The molecule has 2 amide bonds. The smallest absolute Gasteiger partial charge is 0.411 e. The molecule has 0 unspecified atom stereocenters. The molecule has 0 bridgehead atoms. The molecule has 2 rings (SSSR count). The molecule has 7 nitrogen and oxygen atoms in total. The summed E-state index contributed by atoms with van der Waals surface area (Å²) in [6, 6.07) is 7.48. The van der Waals surface area contributed by atoms with Crippen molar-refractivity contribution in [3.05, 3.63) is 35.9 Å². The fourth-order valence-electron chi connectivity index (χ4n) is 2.73. The van der Waals surface area contributed by atoms with Crippen molar-refractivity contribution in [2.75, 3.05) is 6.54 Å². The zero-order valence-electron chi connectivity index (χ0n) is 14.7. The van der Waals surface area contributed by atoms with Crippen molar-refractivity contribution < 1.29 is 24.2 Å². The third kappa shape index (κ3) is 5.20. The van der Waals surface area contributed by atoms with E-state index >= 15 is 0 Å². The van der Waals surface area contributed by atoms with Gasteiger partial charge in [-0.15, -0.1) is 0 Å². The van der Waals surface area contributed by atoms with Crippen LogP contribution < -0.4 is 5.32 Å². The predicted molar refractivity (Wildman–Crippen MR) is 91.3 cm³/mol. The van der Waals surface area contributed by atoms with Crippen LogP contribution in [0.3, 0.4) is 0 Å². The lowest BCUT2D eigenvalue weighted by atomic mass is 9.98. The number of piperidine rings is 1. The minimum absolute atomic E-state index is 0.102. The van der Waals surface area contributed by atoms with E-state index < -0.39 is 23.7 Å².